The molecule has 1 atom stereocenters. The van der Waals surface area contributed by atoms with E-state index in [4.69, 9.17) is 9.26 Å². The lowest BCUT2D eigenvalue weighted by Gasteiger charge is -2.31. The molecule has 3 heterocycles. The van der Waals surface area contributed by atoms with Gasteiger partial charge in [-0.2, -0.15) is 4.98 Å². The number of amides is 1. The zero-order valence-corrected chi connectivity index (χ0v) is 12.5. The molecular formula is C13H16N4O3S. The fraction of sp³-hybridized carbons (Fsp3) is 0.538. The molecule has 0 N–H and O–H groups in total. The molecule has 1 unspecified atom stereocenters. The molecule has 21 heavy (non-hydrogen) atoms. The van der Waals surface area contributed by atoms with Gasteiger partial charge < -0.3 is 14.2 Å². The normalized spacial score (nSPS) is 18.9. The van der Waals surface area contributed by atoms with Gasteiger partial charge in [0.2, 0.25) is 17.6 Å². The van der Waals surface area contributed by atoms with Crippen LogP contribution in [0.2, 0.25) is 0 Å². The predicted octanol–water partition coefficient (Wildman–Crippen LogP) is 1.37. The summed E-state index contributed by atoms with van der Waals surface area (Å²) in [6.07, 6.45) is 0.826. The first kappa shape index (κ1) is 14.2. The van der Waals surface area contributed by atoms with Gasteiger partial charge in [-0.1, -0.05) is 5.16 Å². The molecule has 0 radical (unpaired) electrons. The summed E-state index contributed by atoms with van der Waals surface area (Å²) >= 11 is 1.54. The van der Waals surface area contributed by atoms with Crippen LogP contribution in [0.3, 0.4) is 0 Å². The highest BCUT2D eigenvalue weighted by molar-refractivity contribution is 7.07. The second kappa shape index (κ2) is 6.31. The Bertz CT molecular complexity index is 598. The van der Waals surface area contributed by atoms with E-state index in [0.29, 0.717) is 44.3 Å². The summed E-state index contributed by atoms with van der Waals surface area (Å²) in [5.41, 5.74) is 2.75. The first-order valence-corrected chi connectivity index (χ1v) is 7.73. The molecule has 1 aliphatic rings. The number of carbonyl (C=O) groups is 1. The fourth-order valence-electron chi connectivity index (χ4n) is 2.23. The predicted molar refractivity (Wildman–Crippen MR) is 74.7 cm³/mol. The Hall–Kier alpha value is -1.80. The number of morpholine rings is 1. The number of hydrogen-bond donors (Lipinski definition) is 0. The molecule has 1 fully saturated rings. The molecule has 8 heteroatoms. The number of ether oxygens (including phenoxy) is 1. The van der Waals surface area contributed by atoms with Crippen molar-refractivity contribution in [1.82, 2.24) is 20.0 Å². The van der Waals surface area contributed by atoms with Gasteiger partial charge in [-0.3, -0.25) is 4.79 Å². The molecule has 0 spiro atoms. The maximum Gasteiger partial charge on any atom is 0.223 e. The summed E-state index contributed by atoms with van der Waals surface area (Å²) in [6, 6.07) is 0. The molecule has 7 nitrogen and oxygen atoms in total. The highest BCUT2D eigenvalue weighted by atomic mass is 32.1. The van der Waals surface area contributed by atoms with Gasteiger partial charge >= 0.3 is 0 Å². The van der Waals surface area contributed by atoms with Crippen LogP contribution in [0.1, 0.15) is 29.9 Å². The third-order valence-corrected chi connectivity index (χ3v) is 3.96. The molecule has 0 aromatic carbocycles. The standard InChI is InChI=1S/C13H16N4O3S/c1-9-15-13(16-20-9)11-6-17(4-5-19-11)12(18)3-2-10-7-21-8-14-10/h7-8,11H,2-6H2,1H3. The lowest BCUT2D eigenvalue weighted by molar-refractivity contribution is -0.139. The Morgan fingerprint density at radius 3 is 3.19 bits per heavy atom. The van der Waals surface area contributed by atoms with Gasteiger partial charge in [0, 0.05) is 25.3 Å². The summed E-state index contributed by atoms with van der Waals surface area (Å²) in [5, 5.41) is 5.83. The van der Waals surface area contributed by atoms with Crippen LogP contribution in [0.5, 0.6) is 0 Å². The molecule has 112 valence electrons. The first-order valence-electron chi connectivity index (χ1n) is 6.79. The molecule has 3 rings (SSSR count). The minimum atomic E-state index is -0.306. The molecule has 2 aromatic rings. The Kier molecular flexibility index (Phi) is 4.26. The van der Waals surface area contributed by atoms with E-state index in [1.54, 1.807) is 28.7 Å². The van der Waals surface area contributed by atoms with Crippen LogP contribution >= 0.6 is 11.3 Å². The van der Waals surface area contributed by atoms with Crippen LogP contribution in [0.25, 0.3) is 0 Å². The van der Waals surface area contributed by atoms with Gasteiger partial charge in [-0.15, -0.1) is 11.3 Å². The van der Waals surface area contributed by atoms with Crippen molar-refractivity contribution in [2.45, 2.75) is 25.9 Å². The van der Waals surface area contributed by atoms with Crippen molar-refractivity contribution in [2.24, 2.45) is 0 Å². The summed E-state index contributed by atoms with van der Waals surface area (Å²) in [4.78, 5) is 22.4. The molecule has 0 saturated carbocycles. The Morgan fingerprint density at radius 1 is 1.57 bits per heavy atom. The van der Waals surface area contributed by atoms with Gasteiger partial charge in [0.25, 0.3) is 0 Å². The lowest BCUT2D eigenvalue weighted by Crippen LogP contribution is -2.42. The van der Waals surface area contributed by atoms with E-state index >= 15 is 0 Å². The lowest BCUT2D eigenvalue weighted by atomic mass is 10.2. The Balaban J connectivity index is 1.56. The second-order valence-electron chi connectivity index (χ2n) is 4.85. The van der Waals surface area contributed by atoms with Crippen molar-refractivity contribution in [3.8, 4) is 0 Å². The minimum Gasteiger partial charge on any atom is -0.366 e. The smallest absolute Gasteiger partial charge is 0.223 e. The number of hydrogen-bond acceptors (Lipinski definition) is 7. The molecular weight excluding hydrogens is 292 g/mol. The van der Waals surface area contributed by atoms with Crippen LogP contribution in [-0.2, 0) is 16.0 Å². The second-order valence-corrected chi connectivity index (χ2v) is 5.57. The Labute approximate surface area is 125 Å². The van der Waals surface area contributed by atoms with Crippen molar-refractivity contribution in [3.63, 3.8) is 0 Å². The zero-order valence-electron chi connectivity index (χ0n) is 11.7. The number of aromatic nitrogens is 3. The van der Waals surface area contributed by atoms with Crippen LogP contribution in [-0.4, -0.2) is 45.6 Å². The SMILES string of the molecule is Cc1nc(C2CN(C(=O)CCc3cscn3)CCO2)no1. The molecule has 0 bridgehead atoms. The Morgan fingerprint density at radius 2 is 2.48 bits per heavy atom. The molecule has 1 aliphatic heterocycles. The maximum absolute atomic E-state index is 12.3. The van der Waals surface area contributed by atoms with Gasteiger partial charge in [0.05, 0.1) is 24.4 Å². The number of rotatable bonds is 4. The van der Waals surface area contributed by atoms with E-state index in [1.807, 2.05) is 5.38 Å². The molecule has 1 amide bonds. The summed E-state index contributed by atoms with van der Waals surface area (Å²) in [5.74, 6) is 1.11. The van der Waals surface area contributed by atoms with Gasteiger partial charge in [0.1, 0.15) is 6.10 Å². The average molecular weight is 308 g/mol. The average Bonchev–Trinajstić information content (AvgIpc) is 3.16. The van der Waals surface area contributed by atoms with E-state index in [9.17, 15) is 4.79 Å². The molecule has 2 aromatic heterocycles. The number of carbonyl (C=O) groups excluding carboxylic acids is 1. The zero-order chi connectivity index (χ0) is 14.7. The fourth-order valence-corrected chi connectivity index (χ4v) is 2.82. The van der Waals surface area contributed by atoms with Crippen molar-refractivity contribution in [2.75, 3.05) is 19.7 Å². The van der Waals surface area contributed by atoms with Gasteiger partial charge in [-0.25, -0.2) is 4.98 Å². The summed E-state index contributed by atoms with van der Waals surface area (Å²) in [7, 11) is 0. The van der Waals surface area contributed by atoms with Gasteiger partial charge in [0.15, 0.2) is 0 Å². The number of thiazole rings is 1. The van der Waals surface area contributed by atoms with Crippen molar-refractivity contribution >= 4 is 17.2 Å². The third kappa shape index (κ3) is 3.45. The highest BCUT2D eigenvalue weighted by Crippen LogP contribution is 2.20. The van der Waals surface area contributed by atoms with E-state index < -0.39 is 0 Å². The summed E-state index contributed by atoms with van der Waals surface area (Å²) in [6.45, 7) is 3.29. The largest absolute Gasteiger partial charge is 0.366 e. The third-order valence-electron chi connectivity index (χ3n) is 3.33. The van der Waals surface area contributed by atoms with Crippen molar-refractivity contribution < 1.29 is 14.1 Å². The maximum atomic E-state index is 12.3. The highest BCUT2D eigenvalue weighted by Gasteiger charge is 2.28. The van der Waals surface area contributed by atoms with Crippen LogP contribution in [0, 0.1) is 6.92 Å². The summed E-state index contributed by atoms with van der Waals surface area (Å²) < 4.78 is 10.6. The first-order chi connectivity index (χ1) is 10.2. The van der Waals surface area contributed by atoms with Crippen LogP contribution in [0.15, 0.2) is 15.4 Å². The monoisotopic (exact) mass is 308 g/mol. The van der Waals surface area contributed by atoms with E-state index in [2.05, 4.69) is 15.1 Å². The van der Waals surface area contributed by atoms with E-state index in [1.165, 1.54) is 0 Å². The quantitative estimate of drug-likeness (QED) is 0.848. The van der Waals surface area contributed by atoms with E-state index in [0.717, 1.165) is 5.69 Å². The molecule has 1 saturated heterocycles. The topological polar surface area (TPSA) is 81.4 Å². The minimum absolute atomic E-state index is 0.108. The van der Waals surface area contributed by atoms with Crippen molar-refractivity contribution in [3.05, 3.63) is 28.3 Å². The van der Waals surface area contributed by atoms with Crippen LogP contribution in [0.4, 0.5) is 0 Å². The van der Waals surface area contributed by atoms with Crippen LogP contribution < -0.4 is 0 Å². The van der Waals surface area contributed by atoms with E-state index in [-0.39, 0.29) is 12.0 Å². The number of nitrogens with zero attached hydrogens (tertiary/aromatic N) is 4. The van der Waals surface area contributed by atoms with Crippen molar-refractivity contribution in [1.29, 1.82) is 0 Å². The molecule has 0 aliphatic carbocycles. The number of aryl methyl sites for hydroxylation is 2. The van der Waals surface area contributed by atoms with Gasteiger partial charge in [-0.05, 0) is 6.42 Å².